The highest BCUT2D eigenvalue weighted by molar-refractivity contribution is 7.93. The Morgan fingerprint density at radius 3 is 2.79 bits per heavy atom. The van der Waals surface area contributed by atoms with E-state index >= 15 is 0 Å². The number of nitrogens with zero attached hydrogens (tertiary/aromatic N) is 1. The van der Waals surface area contributed by atoms with Gasteiger partial charge in [0, 0.05) is 22.7 Å². The highest BCUT2D eigenvalue weighted by Crippen LogP contribution is 2.44. The van der Waals surface area contributed by atoms with E-state index in [9.17, 15) is 8.42 Å². The van der Waals surface area contributed by atoms with Crippen LogP contribution in [0.15, 0.2) is 47.5 Å². The van der Waals surface area contributed by atoms with Gasteiger partial charge in [-0.15, -0.1) is 0 Å². The lowest BCUT2D eigenvalue weighted by atomic mass is 9.97. The largest absolute Gasteiger partial charge is 0.494 e. The molecule has 0 saturated carbocycles. The van der Waals surface area contributed by atoms with Crippen LogP contribution in [0.1, 0.15) is 12.5 Å². The fourth-order valence-electron chi connectivity index (χ4n) is 3.13. The van der Waals surface area contributed by atoms with Crippen molar-refractivity contribution in [3.05, 3.63) is 48.2 Å². The van der Waals surface area contributed by atoms with Gasteiger partial charge in [0.25, 0.3) is 10.0 Å². The predicted molar refractivity (Wildman–Crippen MR) is 93.9 cm³/mol. The van der Waals surface area contributed by atoms with Crippen LogP contribution in [0.3, 0.4) is 0 Å². The average molecular weight is 340 g/mol. The lowest BCUT2D eigenvalue weighted by Crippen LogP contribution is -2.19. The molecule has 1 aromatic heterocycles. The first-order valence-electron chi connectivity index (χ1n) is 7.69. The number of fused-ring (bicyclic) bond motifs is 5. The summed E-state index contributed by atoms with van der Waals surface area (Å²) in [7, 11) is -3.64. The number of aryl methyl sites for hydroxylation is 1. The van der Waals surface area contributed by atoms with E-state index in [4.69, 9.17) is 4.74 Å². The molecule has 24 heavy (non-hydrogen) atoms. The van der Waals surface area contributed by atoms with Crippen LogP contribution < -0.4 is 9.46 Å². The van der Waals surface area contributed by atoms with E-state index in [1.54, 1.807) is 24.4 Å². The van der Waals surface area contributed by atoms with Crippen molar-refractivity contribution in [2.24, 2.45) is 0 Å². The van der Waals surface area contributed by atoms with Crippen molar-refractivity contribution < 1.29 is 13.2 Å². The summed E-state index contributed by atoms with van der Waals surface area (Å²) in [4.78, 5) is 4.65. The van der Waals surface area contributed by atoms with Gasteiger partial charge in [0.1, 0.15) is 5.75 Å². The van der Waals surface area contributed by atoms with Gasteiger partial charge in [0.15, 0.2) is 0 Å². The molecule has 1 N–H and O–H groups in total. The molecule has 2 heterocycles. The Balaban J connectivity index is 2.10. The van der Waals surface area contributed by atoms with Crippen molar-refractivity contribution in [3.8, 4) is 16.9 Å². The van der Waals surface area contributed by atoms with Crippen LogP contribution in [0, 0.1) is 6.92 Å². The number of hydrogen-bond donors (Lipinski definition) is 1. The van der Waals surface area contributed by atoms with Crippen molar-refractivity contribution in [2.45, 2.75) is 18.7 Å². The lowest BCUT2D eigenvalue weighted by molar-refractivity contribution is 0.340. The predicted octanol–water partition coefficient (Wildman–Crippen LogP) is 3.72. The average Bonchev–Trinajstić information content (AvgIpc) is 2.57. The first-order chi connectivity index (χ1) is 11.5. The summed E-state index contributed by atoms with van der Waals surface area (Å²) >= 11 is 0. The monoisotopic (exact) mass is 340 g/mol. The van der Waals surface area contributed by atoms with Gasteiger partial charge >= 0.3 is 0 Å². The fourth-order valence-corrected chi connectivity index (χ4v) is 4.42. The first-order valence-corrected chi connectivity index (χ1v) is 9.18. The second-order valence-corrected chi connectivity index (χ2v) is 7.36. The number of hydrogen-bond acceptors (Lipinski definition) is 4. The Hall–Kier alpha value is -2.60. The van der Waals surface area contributed by atoms with Gasteiger partial charge in [-0.1, -0.05) is 6.07 Å². The number of benzene rings is 2. The normalized spacial score (nSPS) is 14.6. The van der Waals surface area contributed by atoms with Crippen LogP contribution in [-0.4, -0.2) is 20.0 Å². The Morgan fingerprint density at radius 1 is 1.17 bits per heavy atom. The topological polar surface area (TPSA) is 68.3 Å². The second kappa shape index (κ2) is 5.21. The van der Waals surface area contributed by atoms with Gasteiger partial charge in [-0.25, -0.2) is 8.42 Å². The van der Waals surface area contributed by atoms with E-state index < -0.39 is 10.0 Å². The fraction of sp³-hybridized carbons (Fsp3) is 0.167. The van der Waals surface area contributed by atoms with Gasteiger partial charge < -0.3 is 4.74 Å². The minimum atomic E-state index is -3.64. The molecule has 0 spiro atoms. The second-order valence-electron chi connectivity index (χ2n) is 5.71. The summed E-state index contributed by atoms with van der Waals surface area (Å²) in [5.74, 6) is 0.651. The van der Waals surface area contributed by atoms with E-state index in [0.29, 0.717) is 29.1 Å². The molecular weight excluding hydrogens is 324 g/mol. The zero-order chi connectivity index (χ0) is 16.9. The molecule has 2 aromatic carbocycles. The van der Waals surface area contributed by atoms with Crippen LogP contribution in [-0.2, 0) is 10.0 Å². The zero-order valence-corrected chi connectivity index (χ0v) is 14.1. The van der Waals surface area contributed by atoms with Crippen LogP contribution in [0.5, 0.6) is 5.75 Å². The quantitative estimate of drug-likeness (QED) is 0.772. The van der Waals surface area contributed by atoms with Gasteiger partial charge in [0.2, 0.25) is 0 Å². The third-order valence-corrected chi connectivity index (χ3v) is 5.59. The maximum Gasteiger partial charge on any atom is 0.262 e. The number of anilines is 1. The molecule has 0 aliphatic carbocycles. The van der Waals surface area contributed by atoms with Crippen molar-refractivity contribution in [1.82, 2.24) is 4.98 Å². The number of ether oxygens (including phenoxy) is 1. The summed E-state index contributed by atoms with van der Waals surface area (Å²) in [5.41, 5.74) is 3.70. The Bertz CT molecular complexity index is 1080. The number of rotatable bonds is 2. The smallest absolute Gasteiger partial charge is 0.262 e. The lowest BCUT2D eigenvalue weighted by Gasteiger charge is -2.24. The highest BCUT2D eigenvalue weighted by Gasteiger charge is 2.30. The Morgan fingerprint density at radius 2 is 2.00 bits per heavy atom. The van der Waals surface area contributed by atoms with Gasteiger partial charge in [-0.3, -0.25) is 9.71 Å². The molecule has 0 bridgehead atoms. The van der Waals surface area contributed by atoms with E-state index in [2.05, 4.69) is 9.71 Å². The summed E-state index contributed by atoms with van der Waals surface area (Å²) in [6.45, 7) is 4.42. The van der Waals surface area contributed by atoms with Crippen molar-refractivity contribution in [1.29, 1.82) is 0 Å². The molecular formula is C18H16N2O3S. The van der Waals surface area contributed by atoms with Gasteiger partial charge in [0.05, 0.1) is 22.7 Å². The van der Waals surface area contributed by atoms with Crippen LogP contribution in [0.25, 0.3) is 22.0 Å². The summed E-state index contributed by atoms with van der Waals surface area (Å²) in [6.07, 6.45) is 1.67. The maximum atomic E-state index is 12.7. The molecule has 0 fully saturated rings. The van der Waals surface area contributed by atoms with E-state index in [0.717, 1.165) is 16.5 Å². The summed E-state index contributed by atoms with van der Waals surface area (Å²) in [5, 5.41) is 0.934. The maximum absolute atomic E-state index is 12.7. The molecule has 6 heteroatoms. The minimum Gasteiger partial charge on any atom is -0.494 e. The summed E-state index contributed by atoms with van der Waals surface area (Å²) < 4.78 is 33.5. The SMILES string of the molecule is CCOc1ccc2c(c1)-c1cc(C)c3cccnc3c1NS2(=O)=O. The van der Waals surface area contributed by atoms with Crippen molar-refractivity contribution in [2.75, 3.05) is 11.3 Å². The number of nitrogens with one attached hydrogen (secondary N) is 1. The molecule has 0 unspecified atom stereocenters. The highest BCUT2D eigenvalue weighted by atomic mass is 32.2. The molecule has 0 atom stereocenters. The van der Waals surface area contributed by atoms with E-state index in [1.165, 1.54) is 0 Å². The Labute approximate surface area is 140 Å². The molecule has 1 aliphatic heterocycles. The van der Waals surface area contributed by atoms with E-state index in [-0.39, 0.29) is 4.90 Å². The number of sulfonamides is 1. The molecule has 3 aromatic rings. The third kappa shape index (κ3) is 2.14. The molecule has 4 rings (SSSR count). The van der Waals surface area contributed by atoms with Gasteiger partial charge in [-0.2, -0.15) is 0 Å². The standard InChI is InChI=1S/C18H16N2O3S/c1-3-23-12-6-7-16-14(10-12)15-9-11(2)13-5-4-8-19-17(13)18(15)20-24(16,21)22/h4-10,20H,3H2,1-2H3. The number of aromatic nitrogens is 1. The van der Waals surface area contributed by atoms with Crippen LogP contribution >= 0.6 is 0 Å². The molecule has 5 nitrogen and oxygen atoms in total. The summed E-state index contributed by atoms with van der Waals surface area (Å²) in [6, 6.07) is 10.8. The van der Waals surface area contributed by atoms with Crippen molar-refractivity contribution >= 4 is 26.6 Å². The molecule has 0 radical (unpaired) electrons. The van der Waals surface area contributed by atoms with Crippen LogP contribution in [0.4, 0.5) is 5.69 Å². The minimum absolute atomic E-state index is 0.258. The molecule has 1 aliphatic rings. The third-order valence-electron chi connectivity index (χ3n) is 4.18. The molecule has 0 saturated heterocycles. The number of pyridine rings is 1. The van der Waals surface area contributed by atoms with Crippen molar-refractivity contribution in [3.63, 3.8) is 0 Å². The molecule has 0 amide bonds. The zero-order valence-electron chi connectivity index (χ0n) is 13.3. The Kier molecular flexibility index (Phi) is 3.25. The first kappa shape index (κ1) is 15.0. The van der Waals surface area contributed by atoms with Gasteiger partial charge in [-0.05, 0) is 49.7 Å². The van der Waals surface area contributed by atoms with E-state index in [1.807, 2.05) is 32.0 Å². The van der Waals surface area contributed by atoms with Crippen LogP contribution in [0.2, 0.25) is 0 Å². The molecule has 122 valence electrons.